The minimum atomic E-state index is -1.14. The Morgan fingerprint density at radius 1 is 1.06 bits per heavy atom. The van der Waals surface area contributed by atoms with Crippen molar-refractivity contribution in [3.63, 3.8) is 0 Å². The van der Waals surface area contributed by atoms with E-state index < -0.39 is 18.0 Å². The van der Waals surface area contributed by atoms with Crippen LogP contribution in [0.15, 0.2) is 70.1 Å². The second-order valence-corrected chi connectivity index (χ2v) is 8.02. The molecule has 0 saturated carbocycles. The summed E-state index contributed by atoms with van der Waals surface area (Å²) >= 11 is 3.30. The maximum Gasteiger partial charge on any atom is 0.343 e. The molecule has 0 amide bonds. The number of hydrogen-bond donors (Lipinski definition) is 3. The number of phenolic OH excluding ortho intramolecular Hbond substituents is 2. The fourth-order valence-electron chi connectivity index (χ4n) is 2.85. The van der Waals surface area contributed by atoms with Crippen molar-refractivity contribution in [1.82, 2.24) is 0 Å². The van der Waals surface area contributed by atoms with E-state index in [1.165, 1.54) is 30.5 Å². The third-order valence-corrected chi connectivity index (χ3v) is 5.06. The molecule has 3 aromatic rings. The normalized spacial score (nSPS) is 11.9. The Morgan fingerprint density at radius 3 is 2.34 bits per heavy atom. The minimum Gasteiger partial charge on any atom is -0.508 e. The number of carbonyl (C=O) groups is 2. The number of carboxylic acids is 1. The van der Waals surface area contributed by atoms with Crippen LogP contribution in [0.5, 0.6) is 17.2 Å². The van der Waals surface area contributed by atoms with Crippen LogP contribution in [0.4, 0.5) is 0 Å². The first kappa shape index (κ1) is 23.0. The number of rotatable bonds is 7. The lowest BCUT2D eigenvalue weighted by molar-refractivity contribution is -0.138. The number of ether oxygens (including phenoxy) is 1. The fourth-order valence-corrected chi connectivity index (χ4v) is 3.30. The molecule has 7 nitrogen and oxygen atoms in total. The first-order valence-corrected chi connectivity index (χ1v) is 10.4. The number of carboxylic acid groups (broad SMARTS) is 1. The number of carbonyl (C=O) groups excluding carboxylic acids is 1. The van der Waals surface area contributed by atoms with Crippen LogP contribution in [0.25, 0.3) is 0 Å². The van der Waals surface area contributed by atoms with E-state index in [0.717, 1.165) is 5.56 Å². The molecule has 0 saturated heterocycles. The Kier molecular flexibility index (Phi) is 7.27. The van der Waals surface area contributed by atoms with Crippen LogP contribution in [0.3, 0.4) is 0 Å². The summed E-state index contributed by atoms with van der Waals surface area (Å²) in [5.74, 6) is -2.13. The maximum absolute atomic E-state index is 12.4. The summed E-state index contributed by atoms with van der Waals surface area (Å²) in [6.07, 6.45) is 1.32. The maximum atomic E-state index is 12.4. The van der Waals surface area contributed by atoms with Gasteiger partial charge in [-0.15, -0.1) is 0 Å². The van der Waals surface area contributed by atoms with Crippen LogP contribution in [0.2, 0.25) is 0 Å². The average molecular weight is 498 g/mol. The topological polar surface area (TPSA) is 116 Å². The zero-order valence-electron chi connectivity index (χ0n) is 17.0. The number of hydrogen-bond acceptors (Lipinski definition) is 6. The molecule has 1 unspecified atom stereocenters. The molecule has 0 spiro atoms. The monoisotopic (exact) mass is 497 g/mol. The van der Waals surface area contributed by atoms with Gasteiger partial charge in [0, 0.05) is 22.7 Å². The van der Waals surface area contributed by atoms with Gasteiger partial charge < -0.3 is 20.1 Å². The van der Waals surface area contributed by atoms with Crippen molar-refractivity contribution in [2.45, 2.75) is 19.4 Å². The van der Waals surface area contributed by atoms with Crippen molar-refractivity contribution in [2.75, 3.05) is 0 Å². The average Bonchev–Trinajstić information content (AvgIpc) is 2.75. The van der Waals surface area contributed by atoms with Gasteiger partial charge >= 0.3 is 11.9 Å². The van der Waals surface area contributed by atoms with E-state index >= 15 is 0 Å². The number of aliphatic imine (C=N–C) groups is 1. The summed E-state index contributed by atoms with van der Waals surface area (Å²) < 4.78 is 5.84. The Hall–Kier alpha value is -3.65. The lowest BCUT2D eigenvalue weighted by Crippen LogP contribution is -2.21. The Bertz CT molecular complexity index is 1160. The van der Waals surface area contributed by atoms with E-state index in [9.17, 15) is 24.9 Å². The van der Waals surface area contributed by atoms with Gasteiger partial charge in [0.15, 0.2) is 17.5 Å². The van der Waals surface area contributed by atoms with Crippen LogP contribution in [0.1, 0.15) is 27.0 Å². The van der Waals surface area contributed by atoms with Gasteiger partial charge in [-0.1, -0.05) is 45.8 Å². The molecule has 0 aromatic heterocycles. The van der Waals surface area contributed by atoms with Gasteiger partial charge in [0.05, 0.1) is 5.56 Å². The summed E-state index contributed by atoms with van der Waals surface area (Å²) in [5, 5.41) is 29.4. The van der Waals surface area contributed by atoms with E-state index in [4.69, 9.17) is 4.74 Å². The van der Waals surface area contributed by atoms with Crippen LogP contribution in [-0.4, -0.2) is 39.5 Å². The highest BCUT2D eigenvalue weighted by atomic mass is 79.9. The van der Waals surface area contributed by atoms with Crippen molar-refractivity contribution >= 4 is 34.1 Å². The molecule has 0 radical (unpaired) electrons. The molecule has 32 heavy (non-hydrogen) atoms. The van der Waals surface area contributed by atoms with E-state index in [1.807, 2.05) is 6.92 Å². The highest BCUT2D eigenvalue weighted by Crippen LogP contribution is 2.33. The summed E-state index contributed by atoms with van der Waals surface area (Å²) in [6.45, 7) is 1.90. The van der Waals surface area contributed by atoms with E-state index in [-0.39, 0.29) is 29.2 Å². The molecule has 0 fully saturated rings. The first-order valence-electron chi connectivity index (χ1n) is 9.58. The number of benzene rings is 3. The molecule has 0 aliphatic heterocycles. The van der Waals surface area contributed by atoms with Crippen LogP contribution in [-0.2, 0) is 11.2 Å². The molecule has 0 bridgehead atoms. The SMILES string of the molecule is Cc1ccc(C(=O)Oc2cc(Br)cc(C=NC(Cc3ccc(O)cc3)C(=O)O)c2O)cc1. The molecule has 3 rings (SSSR count). The highest BCUT2D eigenvalue weighted by Gasteiger charge is 2.18. The third kappa shape index (κ3) is 5.95. The first-order chi connectivity index (χ1) is 15.2. The number of halogens is 1. The lowest BCUT2D eigenvalue weighted by atomic mass is 10.1. The quantitative estimate of drug-likeness (QED) is 0.251. The highest BCUT2D eigenvalue weighted by molar-refractivity contribution is 9.10. The van der Waals surface area contributed by atoms with Crippen molar-refractivity contribution < 1.29 is 29.6 Å². The zero-order chi connectivity index (χ0) is 23.3. The number of phenols is 2. The molecule has 0 aliphatic rings. The molecule has 3 N–H and O–H groups in total. The van der Waals surface area contributed by atoms with Gasteiger partial charge in [-0.2, -0.15) is 0 Å². The van der Waals surface area contributed by atoms with Gasteiger partial charge in [0.1, 0.15) is 5.75 Å². The number of aromatic hydroxyl groups is 2. The molecular weight excluding hydrogens is 478 g/mol. The van der Waals surface area contributed by atoms with E-state index in [2.05, 4.69) is 20.9 Å². The molecule has 8 heteroatoms. The van der Waals surface area contributed by atoms with Crippen molar-refractivity contribution in [3.8, 4) is 17.2 Å². The minimum absolute atomic E-state index is 0.0795. The van der Waals surface area contributed by atoms with Crippen molar-refractivity contribution in [2.24, 2.45) is 4.99 Å². The standard InChI is InChI=1S/C24H20BrNO6/c1-14-2-6-16(7-3-14)24(31)32-21-12-18(25)11-17(22(21)28)13-26-20(23(29)30)10-15-4-8-19(27)9-5-15/h2-9,11-13,20,27-28H,10H2,1H3,(H,29,30). The van der Waals surface area contributed by atoms with Gasteiger partial charge in [0.2, 0.25) is 0 Å². The number of aliphatic carboxylic acids is 1. The van der Waals surface area contributed by atoms with E-state index in [0.29, 0.717) is 15.6 Å². The summed E-state index contributed by atoms with van der Waals surface area (Å²) in [5.41, 5.74) is 2.18. The Labute approximate surface area is 192 Å². The predicted molar refractivity (Wildman–Crippen MR) is 123 cm³/mol. The fraction of sp³-hybridized carbons (Fsp3) is 0.125. The molecule has 0 aliphatic carbocycles. The number of aryl methyl sites for hydroxylation is 1. The lowest BCUT2D eigenvalue weighted by Gasteiger charge is -2.11. The second-order valence-electron chi connectivity index (χ2n) is 7.10. The molecule has 164 valence electrons. The van der Waals surface area contributed by atoms with Crippen LogP contribution in [0, 0.1) is 6.92 Å². The summed E-state index contributed by atoms with van der Waals surface area (Å²) in [6, 6.07) is 14.8. The van der Waals surface area contributed by atoms with Gasteiger partial charge in [-0.25, -0.2) is 9.59 Å². The largest absolute Gasteiger partial charge is 0.508 e. The zero-order valence-corrected chi connectivity index (χ0v) is 18.6. The third-order valence-electron chi connectivity index (χ3n) is 4.60. The summed E-state index contributed by atoms with van der Waals surface area (Å²) in [7, 11) is 0. The van der Waals surface area contributed by atoms with Gasteiger partial charge in [0.25, 0.3) is 0 Å². The second kappa shape index (κ2) is 10.1. The van der Waals surface area contributed by atoms with Crippen LogP contribution < -0.4 is 4.74 Å². The van der Waals surface area contributed by atoms with Gasteiger partial charge in [-0.05, 0) is 48.9 Å². The molecule has 3 aromatic carbocycles. The number of esters is 1. The molecular formula is C24H20BrNO6. The predicted octanol–water partition coefficient (Wildman–Crippen LogP) is 4.50. The van der Waals surface area contributed by atoms with Crippen molar-refractivity contribution in [1.29, 1.82) is 0 Å². The Balaban J connectivity index is 1.82. The Morgan fingerprint density at radius 2 is 1.72 bits per heavy atom. The number of nitrogens with zero attached hydrogens (tertiary/aromatic N) is 1. The van der Waals surface area contributed by atoms with Crippen molar-refractivity contribution in [3.05, 3.63) is 87.4 Å². The molecule has 1 atom stereocenters. The van der Waals surface area contributed by atoms with E-state index in [1.54, 1.807) is 36.4 Å². The van der Waals surface area contributed by atoms with Gasteiger partial charge in [-0.3, -0.25) is 4.99 Å². The van der Waals surface area contributed by atoms with Crippen LogP contribution >= 0.6 is 15.9 Å². The smallest absolute Gasteiger partial charge is 0.343 e. The summed E-state index contributed by atoms with van der Waals surface area (Å²) in [4.78, 5) is 28.1. The molecule has 0 heterocycles.